The van der Waals surface area contributed by atoms with Gasteiger partial charge < -0.3 is 4.74 Å². The van der Waals surface area contributed by atoms with E-state index in [0.717, 1.165) is 28.3 Å². The lowest BCUT2D eigenvalue weighted by atomic mass is 10.1. The van der Waals surface area contributed by atoms with Crippen LogP contribution in [0.2, 0.25) is 0 Å². The van der Waals surface area contributed by atoms with Crippen molar-refractivity contribution in [3.05, 3.63) is 71.3 Å². The number of benzene rings is 2. The first-order valence-corrected chi connectivity index (χ1v) is 11.8. The third-order valence-electron chi connectivity index (χ3n) is 4.91. The second kappa shape index (κ2) is 9.71. The van der Waals surface area contributed by atoms with Gasteiger partial charge in [0.05, 0.1) is 22.9 Å². The molecule has 0 unspecified atom stereocenters. The van der Waals surface area contributed by atoms with Gasteiger partial charge in [0.1, 0.15) is 10.1 Å². The molecule has 4 rings (SSSR count). The predicted octanol–water partition coefficient (Wildman–Crippen LogP) is 5.80. The van der Waals surface area contributed by atoms with Crippen molar-refractivity contribution in [2.24, 2.45) is 5.92 Å². The fraction of sp³-hybridized carbons (Fsp3) is 0.240. The topological polar surface area (TPSA) is 47.4 Å². The molecule has 7 heteroatoms. The summed E-state index contributed by atoms with van der Waals surface area (Å²) in [5, 5.41) is 4.84. The van der Waals surface area contributed by atoms with Crippen molar-refractivity contribution in [3.8, 4) is 22.7 Å². The van der Waals surface area contributed by atoms with Gasteiger partial charge >= 0.3 is 0 Å². The van der Waals surface area contributed by atoms with Crippen molar-refractivity contribution >= 4 is 40.3 Å². The van der Waals surface area contributed by atoms with Crippen molar-refractivity contribution in [1.82, 2.24) is 14.7 Å². The summed E-state index contributed by atoms with van der Waals surface area (Å²) >= 11 is 6.82. The molecule has 1 fully saturated rings. The number of para-hydroxylation sites is 1. The zero-order chi connectivity index (χ0) is 22.7. The second-order valence-electron chi connectivity index (χ2n) is 7.86. The third-order valence-corrected chi connectivity index (χ3v) is 6.29. The number of carbonyl (C=O) groups excluding carboxylic acids is 1. The number of thiocarbonyl (C=S) groups is 1. The van der Waals surface area contributed by atoms with Crippen LogP contribution in [0.4, 0.5) is 0 Å². The van der Waals surface area contributed by atoms with Gasteiger partial charge in [-0.1, -0.05) is 56.0 Å². The maximum Gasteiger partial charge on any atom is 0.266 e. The van der Waals surface area contributed by atoms with Gasteiger partial charge in [-0.25, -0.2) is 4.68 Å². The van der Waals surface area contributed by atoms with Crippen LogP contribution in [0, 0.1) is 5.92 Å². The Kier molecular flexibility index (Phi) is 6.77. The smallest absolute Gasteiger partial charge is 0.266 e. The minimum Gasteiger partial charge on any atom is -0.494 e. The number of hydrogen-bond acceptors (Lipinski definition) is 5. The first-order valence-electron chi connectivity index (χ1n) is 10.6. The molecule has 164 valence electrons. The molecule has 3 aromatic rings. The third kappa shape index (κ3) is 4.79. The molecule has 0 saturated carbocycles. The largest absolute Gasteiger partial charge is 0.494 e. The Morgan fingerprint density at radius 3 is 2.50 bits per heavy atom. The van der Waals surface area contributed by atoms with Crippen LogP contribution in [0.3, 0.4) is 0 Å². The summed E-state index contributed by atoms with van der Waals surface area (Å²) in [5.74, 6) is 1.12. The summed E-state index contributed by atoms with van der Waals surface area (Å²) in [4.78, 5) is 15.3. The van der Waals surface area contributed by atoms with Gasteiger partial charge in [0.15, 0.2) is 0 Å². The molecule has 0 bridgehead atoms. The van der Waals surface area contributed by atoms with Gasteiger partial charge in [0, 0.05) is 23.9 Å². The molecular formula is C25H25N3O2S2. The highest BCUT2D eigenvalue weighted by Gasteiger charge is 2.32. The summed E-state index contributed by atoms with van der Waals surface area (Å²) in [6.07, 6.45) is 3.86. The normalized spacial score (nSPS) is 15.2. The lowest BCUT2D eigenvalue weighted by Crippen LogP contribution is -2.31. The van der Waals surface area contributed by atoms with E-state index in [-0.39, 0.29) is 5.91 Å². The number of hydrogen-bond donors (Lipinski definition) is 0. The van der Waals surface area contributed by atoms with E-state index in [1.165, 1.54) is 11.8 Å². The molecule has 0 N–H and O–H groups in total. The molecule has 0 spiro atoms. The van der Waals surface area contributed by atoms with Crippen LogP contribution in [-0.2, 0) is 4.79 Å². The second-order valence-corrected chi connectivity index (χ2v) is 9.53. The van der Waals surface area contributed by atoms with E-state index in [2.05, 4.69) is 13.8 Å². The molecule has 1 amide bonds. The van der Waals surface area contributed by atoms with Crippen LogP contribution in [0.5, 0.6) is 5.75 Å². The fourth-order valence-corrected chi connectivity index (χ4v) is 4.74. The average molecular weight is 464 g/mol. The van der Waals surface area contributed by atoms with Gasteiger partial charge in [-0.3, -0.25) is 9.69 Å². The number of carbonyl (C=O) groups is 1. The minimum atomic E-state index is -0.0428. The van der Waals surface area contributed by atoms with E-state index < -0.39 is 0 Å². The molecule has 2 aromatic carbocycles. The number of ether oxygens (including phenoxy) is 1. The molecule has 1 saturated heterocycles. The predicted molar refractivity (Wildman–Crippen MR) is 135 cm³/mol. The van der Waals surface area contributed by atoms with Crippen molar-refractivity contribution in [2.75, 3.05) is 13.2 Å². The Morgan fingerprint density at radius 1 is 1.12 bits per heavy atom. The molecule has 1 aromatic heterocycles. The maximum atomic E-state index is 13.0. The molecule has 0 radical (unpaired) electrons. The summed E-state index contributed by atoms with van der Waals surface area (Å²) < 4.78 is 8.02. The van der Waals surface area contributed by atoms with E-state index in [1.54, 1.807) is 4.90 Å². The number of nitrogens with zero attached hydrogens (tertiary/aromatic N) is 3. The van der Waals surface area contributed by atoms with Crippen molar-refractivity contribution in [2.45, 2.75) is 20.8 Å². The fourth-order valence-electron chi connectivity index (χ4n) is 3.47. The first-order chi connectivity index (χ1) is 15.5. The van der Waals surface area contributed by atoms with Crippen LogP contribution in [-0.4, -0.2) is 38.1 Å². The van der Waals surface area contributed by atoms with E-state index in [9.17, 15) is 4.79 Å². The van der Waals surface area contributed by atoms with Crippen LogP contribution >= 0.6 is 24.0 Å². The van der Waals surface area contributed by atoms with Crippen LogP contribution < -0.4 is 4.74 Å². The number of rotatable bonds is 7. The summed E-state index contributed by atoms with van der Waals surface area (Å²) in [7, 11) is 0. The summed E-state index contributed by atoms with van der Waals surface area (Å²) in [5.41, 5.74) is 3.56. The molecule has 0 atom stereocenters. The van der Waals surface area contributed by atoms with Gasteiger partial charge in [0.2, 0.25) is 0 Å². The van der Waals surface area contributed by atoms with Crippen molar-refractivity contribution < 1.29 is 9.53 Å². The van der Waals surface area contributed by atoms with Gasteiger partial charge in [-0.2, -0.15) is 5.10 Å². The molecule has 0 aliphatic carbocycles. The van der Waals surface area contributed by atoms with E-state index >= 15 is 0 Å². The number of amides is 1. The Labute approximate surface area is 198 Å². The monoisotopic (exact) mass is 463 g/mol. The number of aromatic nitrogens is 2. The minimum absolute atomic E-state index is 0.0428. The SMILES string of the molecule is CCOc1ccc(-c2nn(-c3ccccc3)cc2/C=C2/SC(=S)N(CC(C)C)C2=O)cc1. The highest BCUT2D eigenvalue weighted by atomic mass is 32.2. The molecular weight excluding hydrogens is 438 g/mol. The lowest BCUT2D eigenvalue weighted by molar-refractivity contribution is -0.122. The van der Waals surface area contributed by atoms with Crippen LogP contribution in [0.25, 0.3) is 23.0 Å². The molecule has 1 aliphatic heterocycles. The van der Waals surface area contributed by atoms with E-state index in [0.29, 0.717) is 28.3 Å². The van der Waals surface area contributed by atoms with Gasteiger partial charge in [0.25, 0.3) is 5.91 Å². The Morgan fingerprint density at radius 2 is 1.84 bits per heavy atom. The van der Waals surface area contributed by atoms with Crippen LogP contribution in [0.1, 0.15) is 26.3 Å². The van der Waals surface area contributed by atoms with Crippen LogP contribution in [0.15, 0.2) is 65.7 Å². The average Bonchev–Trinajstić information content (AvgIpc) is 3.32. The zero-order valence-electron chi connectivity index (χ0n) is 18.3. The molecule has 5 nitrogen and oxygen atoms in total. The Bertz CT molecular complexity index is 1150. The number of thioether (sulfide) groups is 1. The lowest BCUT2D eigenvalue weighted by Gasteiger charge is -2.16. The Hall–Kier alpha value is -2.90. The van der Waals surface area contributed by atoms with E-state index in [4.69, 9.17) is 22.1 Å². The van der Waals surface area contributed by atoms with Crippen molar-refractivity contribution in [1.29, 1.82) is 0 Å². The standard InChI is InChI=1S/C25H25N3O2S2/c1-4-30-21-12-10-18(11-13-21)23-19(16-28(26-23)20-8-6-5-7-9-20)14-22-24(29)27(15-17(2)3)25(31)32-22/h5-14,16-17H,4,15H2,1-3H3/b22-14+. The summed E-state index contributed by atoms with van der Waals surface area (Å²) in [6.45, 7) is 7.36. The highest BCUT2D eigenvalue weighted by molar-refractivity contribution is 8.26. The maximum absolute atomic E-state index is 13.0. The van der Waals surface area contributed by atoms with E-state index in [1.807, 2.05) is 78.5 Å². The molecule has 1 aliphatic rings. The first kappa shape index (κ1) is 22.3. The van der Waals surface area contributed by atoms with Gasteiger partial charge in [-0.15, -0.1) is 0 Å². The zero-order valence-corrected chi connectivity index (χ0v) is 20.0. The summed E-state index contributed by atoms with van der Waals surface area (Å²) in [6, 6.07) is 17.8. The highest BCUT2D eigenvalue weighted by Crippen LogP contribution is 2.35. The molecule has 2 heterocycles. The Balaban J connectivity index is 1.75. The quantitative estimate of drug-likeness (QED) is 0.328. The van der Waals surface area contributed by atoms with Gasteiger partial charge in [-0.05, 0) is 55.3 Å². The van der Waals surface area contributed by atoms with Crippen molar-refractivity contribution in [3.63, 3.8) is 0 Å². The molecule has 32 heavy (non-hydrogen) atoms.